The number of ether oxygens (including phenoxy) is 2. The van der Waals surface area contributed by atoms with Crippen LogP contribution in [0.25, 0.3) is 0 Å². The largest absolute Gasteiger partial charge is 0.344 e. The summed E-state index contributed by atoms with van der Waals surface area (Å²) < 4.78 is 12.8. The van der Waals surface area contributed by atoms with Gasteiger partial charge in [0.25, 0.3) is 0 Å². The second kappa shape index (κ2) is 5.30. The van der Waals surface area contributed by atoms with Crippen LogP contribution in [0.5, 0.6) is 0 Å². The molecule has 26 heavy (non-hydrogen) atoms. The van der Waals surface area contributed by atoms with Crippen molar-refractivity contribution < 1.29 is 14.3 Å². The Hall–Kier alpha value is -0.0600. The van der Waals surface area contributed by atoms with Crippen LogP contribution in [0, 0.1) is 28.6 Å². The number of fused-ring (bicyclic) bond motifs is 7. The Bertz CT molecular complexity index is 647. The summed E-state index contributed by atoms with van der Waals surface area (Å²) in [7, 11) is 0. The summed E-state index contributed by atoms with van der Waals surface area (Å²) in [4.78, 5) is 13.0. The predicted octanol–water partition coefficient (Wildman–Crippen LogP) is 4.82. The van der Waals surface area contributed by atoms with Crippen molar-refractivity contribution in [2.24, 2.45) is 28.6 Å². The Morgan fingerprint density at radius 1 is 1.04 bits per heavy atom. The summed E-state index contributed by atoms with van der Waals surface area (Å²) in [6.45, 7) is 10.6. The van der Waals surface area contributed by atoms with Gasteiger partial charge in [-0.1, -0.05) is 13.8 Å². The third-order valence-electron chi connectivity index (χ3n) is 9.26. The second-order valence-corrected chi connectivity index (χ2v) is 12.0. The Labute approximate surface area is 162 Å². The van der Waals surface area contributed by atoms with Crippen molar-refractivity contribution >= 4 is 17.5 Å². The van der Waals surface area contributed by atoms with E-state index >= 15 is 0 Å². The lowest BCUT2D eigenvalue weighted by atomic mass is 9.48. The van der Waals surface area contributed by atoms with Gasteiger partial charge in [-0.25, -0.2) is 0 Å². The second-order valence-electron chi connectivity index (χ2n) is 10.7. The molecule has 0 aromatic heterocycles. The van der Waals surface area contributed by atoms with Gasteiger partial charge in [-0.05, 0) is 88.2 Å². The van der Waals surface area contributed by atoms with E-state index in [1.165, 1.54) is 31.4 Å². The number of Topliss-reactive ketones (excluding diaryl/α,β-unsaturated/α-hetero) is 1. The third kappa shape index (κ3) is 1.97. The van der Waals surface area contributed by atoms with Gasteiger partial charge < -0.3 is 9.47 Å². The maximum Gasteiger partial charge on any atom is 0.164 e. The van der Waals surface area contributed by atoms with Gasteiger partial charge in [0, 0.05) is 10.7 Å². The Balaban J connectivity index is 1.54. The summed E-state index contributed by atoms with van der Waals surface area (Å²) >= 11 is 2.22. The average Bonchev–Trinajstić information content (AvgIpc) is 3.13. The molecule has 0 spiro atoms. The van der Waals surface area contributed by atoms with Gasteiger partial charge in [0.1, 0.15) is 0 Å². The van der Waals surface area contributed by atoms with Gasteiger partial charge in [0.2, 0.25) is 0 Å². The summed E-state index contributed by atoms with van der Waals surface area (Å²) in [5.41, 5.74) is -0.293. The van der Waals surface area contributed by atoms with Crippen molar-refractivity contribution in [1.82, 2.24) is 0 Å². The van der Waals surface area contributed by atoms with E-state index in [-0.39, 0.29) is 17.3 Å². The first kappa shape index (κ1) is 18.0. The number of carbonyl (C=O) groups excluding carboxylic acids is 1. The van der Waals surface area contributed by atoms with Crippen LogP contribution in [0.1, 0.15) is 73.1 Å². The zero-order valence-corrected chi connectivity index (χ0v) is 17.8. The molecule has 0 aromatic rings. The highest BCUT2D eigenvalue weighted by molar-refractivity contribution is 8.00. The summed E-state index contributed by atoms with van der Waals surface area (Å²) in [6, 6.07) is 0. The fourth-order valence-electron chi connectivity index (χ4n) is 8.21. The molecule has 0 aromatic carbocycles. The van der Waals surface area contributed by atoms with Crippen LogP contribution in [-0.2, 0) is 14.3 Å². The summed E-state index contributed by atoms with van der Waals surface area (Å²) in [5.74, 6) is 3.01. The van der Waals surface area contributed by atoms with Gasteiger partial charge in [0.15, 0.2) is 17.2 Å². The first-order chi connectivity index (χ1) is 12.1. The molecule has 5 aliphatic rings. The van der Waals surface area contributed by atoms with E-state index in [9.17, 15) is 4.79 Å². The van der Waals surface area contributed by atoms with Gasteiger partial charge in [-0.2, -0.15) is 11.8 Å². The fraction of sp³-hybridized carbons (Fsp3) is 0.955. The number of thioether (sulfide) groups is 1. The standard InChI is InChI=1S/C22H34O3S/c1-13(23)22-17(24-19(2,3)25-22)12-16-14-6-7-18-20(4,10-11-26-18)15(14)8-9-21(16,22)5/h14-18H,6-12H2,1-5H3/t14-,15+,16+,17-,18+,20-,21+,22-/m1/s1. The molecular formula is C22H34O3S. The first-order valence-corrected chi connectivity index (χ1v) is 11.7. The molecule has 0 amide bonds. The highest BCUT2D eigenvalue weighted by Gasteiger charge is 2.75. The van der Waals surface area contributed by atoms with Crippen LogP contribution in [-0.4, -0.2) is 34.3 Å². The van der Waals surface area contributed by atoms with Crippen LogP contribution in [0.3, 0.4) is 0 Å². The van der Waals surface area contributed by atoms with E-state index in [1.54, 1.807) is 6.92 Å². The molecule has 3 nitrogen and oxygen atoms in total. The van der Waals surface area contributed by atoms with Gasteiger partial charge in [-0.15, -0.1) is 0 Å². The molecule has 0 radical (unpaired) electrons. The summed E-state index contributed by atoms with van der Waals surface area (Å²) in [5, 5.41) is 0.863. The molecule has 2 saturated heterocycles. The van der Waals surface area contributed by atoms with Crippen LogP contribution in [0.4, 0.5) is 0 Å². The molecule has 5 fully saturated rings. The van der Waals surface area contributed by atoms with E-state index in [2.05, 4.69) is 25.6 Å². The zero-order valence-electron chi connectivity index (χ0n) is 17.0. The van der Waals surface area contributed by atoms with Crippen molar-refractivity contribution in [1.29, 1.82) is 0 Å². The number of carbonyl (C=O) groups is 1. The van der Waals surface area contributed by atoms with Crippen molar-refractivity contribution in [3.8, 4) is 0 Å². The predicted molar refractivity (Wildman–Crippen MR) is 104 cm³/mol. The topological polar surface area (TPSA) is 35.5 Å². The van der Waals surface area contributed by atoms with E-state index in [0.717, 1.165) is 29.9 Å². The molecule has 2 aliphatic heterocycles. The lowest BCUT2D eigenvalue weighted by molar-refractivity contribution is -0.214. The molecule has 2 heterocycles. The zero-order chi connectivity index (χ0) is 18.5. The minimum absolute atomic E-state index is 0.0627. The molecule has 146 valence electrons. The minimum atomic E-state index is -0.728. The number of hydrogen-bond acceptors (Lipinski definition) is 4. The van der Waals surface area contributed by atoms with E-state index < -0.39 is 11.4 Å². The molecule has 3 aliphatic carbocycles. The molecule has 4 heteroatoms. The highest BCUT2D eigenvalue weighted by atomic mass is 32.2. The van der Waals surface area contributed by atoms with Crippen LogP contribution < -0.4 is 0 Å². The maximum atomic E-state index is 13.0. The van der Waals surface area contributed by atoms with Gasteiger partial charge in [0.05, 0.1) is 6.10 Å². The average molecular weight is 379 g/mol. The van der Waals surface area contributed by atoms with Gasteiger partial charge >= 0.3 is 0 Å². The smallest absolute Gasteiger partial charge is 0.164 e. The number of hydrogen-bond donors (Lipinski definition) is 0. The molecule has 0 N–H and O–H groups in total. The van der Waals surface area contributed by atoms with Crippen molar-refractivity contribution in [2.75, 3.05) is 5.75 Å². The Kier molecular flexibility index (Phi) is 3.67. The van der Waals surface area contributed by atoms with Crippen molar-refractivity contribution in [3.05, 3.63) is 0 Å². The van der Waals surface area contributed by atoms with Crippen LogP contribution >= 0.6 is 11.8 Å². The molecule has 3 saturated carbocycles. The Morgan fingerprint density at radius 3 is 2.54 bits per heavy atom. The van der Waals surface area contributed by atoms with Crippen molar-refractivity contribution in [3.63, 3.8) is 0 Å². The first-order valence-electron chi connectivity index (χ1n) is 10.6. The third-order valence-corrected chi connectivity index (χ3v) is 10.9. The van der Waals surface area contributed by atoms with Crippen LogP contribution in [0.15, 0.2) is 0 Å². The van der Waals surface area contributed by atoms with Gasteiger partial charge in [-0.3, -0.25) is 4.79 Å². The maximum absolute atomic E-state index is 13.0. The Morgan fingerprint density at radius 2 is 1.81 bits per heavy atom. The monoisotopic (exact) mass is 378 g/mol. The summed E-state index contributed by atoms with van der Waals surface area (Å²) in [6.07, 6.45) is 7.40. The highest BCUT2D eigenvalue weighted by Crippen LogP contribution is 2.71. The molecular weight excluding hydrogens is 344 g/mol. The van der Waals surface area contributed by atoms with E-state index in [0.29, 0.717) is 11.3 Å². The fourth-order valence-corrected chi connectivity index (χ4v) is 10.0. The minimum Gasteiger partial charge on any atom is -0.344 e. The lowest BCUT2D eigenvalue weighted by Crippen LogP contribution is -2.60. The normalized spacial score (nSPS) is 57.2. The molecule has 0 unspecified atom stereocenters. The SMILES string of the molecule is CC(=O)[C@@]12OC(C)(C)O[C@@H]1C[C@H]1[C@@H]3CC[C@@H]4SCC[C@]4(C)[C@H]3CC[C@@]12C. The molecule has 0 bridgehead atoms. The number of ketones is 1. The van der Waals surface area contributed by atoms with E-state index in [1.807, 2.05) is 13.8 Å². The quantitative estimate of drug-likeness (QED) is 0.655. The number of rotatable bonds is 1. The van der Waals surface area contributed by atoms with Crippen molar-refractivity contribution in [2.45, 2.75) is 95.9 Å². The van der Waals surface area contributed by atoms with E-state index in [4.69, 9.17) is 9.47 Å². The molecule has 8 atom stereocenters. The van der Waals surface area contributed by atoms with Crippen LogP contribution in [0.2, 0.25) is 0 Å². The lowest BCUT2D eigenvalue weighted by Gasteiger charge is -2.58. The molecule has 5 rings (SSSR count).